The van der Waals surface area contributed by atoms with Gasteiger partial charge in [0.15, 0.2) is 5.65 Å². The second-order valence-corrected chi connectivity index (χ2v) is 6.40. The highest BCUT2D eigenvalue weighted by molar-refractivity contribution is 5.92. The normalized spacial score (nSPS) is 17.3. The summed E-state index contributed by atoms with van der Waals surface area (Å²) < 4.78 is 2.24. The molecular formula is C19H21N5O. The number of pyridine rings is 2. The highest BCUT2D eigenvalue weighted by atomic mass is 16.2. The van der Waals surface area contributed by atoms with E-state index in [4.69, 9.17) is 4.98 Å². The fourth-order valence-electron chi connectivity index (χ4n) is 3.55. The van der Waals surface area contributed by atoms with Crippen LogP contribution >= 0.6 is 0 Å². The predicted molar refractivity (Wildman–Crippen MR) is 95.3 cm³/mol. The Bertz CT molecular complexity index is 889. The molecule has 128 valence electrons. The summed E-state index contributed by atoms with van der Waals surface area (Å²) in [5.74, 6) is 1.06. The van der Waals surface area contributed by atoms with Crippen LogP contribution in [0, 0.1) is 0 Å². The molecule has 0 saturated carbocycles. The Kier molecular flexibility index (Phi) is 4.17. The predicted octanol–water partition coefficient (Wildman–Crippen LogP) is 2.87. The van der Waals surface area contributed by atoms with E-state index in [0.717, 1.165) is 42.8 Å². The van der Waals surface area contributed by atoms with Gasteiger partial charge in [0.25, 0.3) is 5.91 Å². The number of rotatable bonds is 4. The van der Waals surface area contributed by atoms with Crippen LogP contribution in [-0.4, -0.2) is 43.4 Å². The molecule has 0 aromatic carbocycles. The van der Waals surface area contributed by atoms with E-state index in [2.05, 4.69) is 21.5 Å². The fraction of sp³-hybridized carbons (Fsp3) is 0.368. The zero-order valence-corrected chi connectivity index (χ0v) is 14.3. The van der Waals surface area contributed by atoms with Crippen LogP contribution in [0.2, 0.25) is 0 Å². The largest absolute Gasteiger partial charge is 0.335 e. The fourth-order valence-corrected chi connectivity index (χ4v) is 3.55. The van der Waals surface area contributed by atoms with Crippen LogP contribution in [0.3, 0.4) is 0 Å². The molecule has 0 aliphatic carbocycles. The van der Waals surface area contributed by atoms with Gasteiger partial charge >= 0.3 is 0 Å². The lowest BCUT2D eigenvalue weighted by Gasteiger charge is -2.18. The van der Waals surface area contributed by atoms with Crippen LogP contribution in [0.25, 0.3) is 11.2 Å². The molecule has 3 aromatic heterocycles. The van der Waals surface area contributed by atoms with E-state index in [1.165, 1.54) is 0 Å². The molecular weight excluding hydrogens is 314 g/mol. The number of carbonyl (C=O) groups is 1. The Morgan fingerprint density at radius 2 is 2.08 bits per heavy atom. The Labute approximate surface area is 146 Å². The van der Waals surface area contributed by atoms with Crippen molar-refractivity contribution in [3.05, 3.63) is 54.2 Å². The van der Waals surface area contributed by atoms with Crippen molar-refractivity contribution in [1.29, 1.82) is 0 Å². The first-order valence-corrected chi connectivity index (χ1v) is 8.80. The highest BCUT2D eigenvalue weighted by Gasteiger charge is 2.31. The Balaban J connectivity index is 1.62. The first-order valence-electron chi connectivity index (χ1n) is 8.80. The molecule has 3 aromatic rings. The highest BCUT2D eigenvalue weighted by Crippen LogP contribution is 2.28. The van der Waals surface area contributed by atoms with Crippen molar-refractivity contribution >= 4 is 17.1 Å². The van der Waals surface area contributed by atoms with Gasteiger partial charge in [-0.05, 0) is 37.1 Å². The Morgan fingerprint density at radius 3 is 2.88 bits per heavy atom. The number of fused-ring (bicyclic) bond motifs is 1. The molecule has 1 fully saturated rings. The third-order valence-electron chi connectivity index (χ3n) is 4.70. The topological polar surface area (TPSA) is 63.9 Å². The summed E-state index contributed by atoms with van der Waals surface area (Å²) in [6, 6.07) is 9.58. The quantitative estimate of drug-likeness (QED) is 0.735. The molecule has 1 atom stereocenters. The summed E-state index contributed by atoms with van der Waals surface area (Å²) >= 11 is 0. The first kappa shape index (κ1) is 15.7. The maximum Gasteiger partial charge on any atom is 0.272 e. The zero-order valence-electron chi connectivity index (χ0n) is 14.3. The molecule has 1 saturated heterocycles. The minimum atomic E-state index is -0.00229. The van der Waals surface area contributed by atoms with Gasteiger partial charge in [0, 0.05) is 31.9 Å². The van der Waals surface area contributed by atoms with Gasteiger partial charge in [0.2, 0.25) is 0 Å². The average molecular weight is 335 g/mol. The van der Waals surface area contributed by atoms with Crippen LogP contribution in [0.5, 0.6) is 0 Å². The maximum atomic E-state index is 12.7. The van der Waals surface area contributed by atoms with E-state index < -0.39 is 0 Å². The zero-order chi connectivity index (χ0) is 17.2. The number of carbonyl (C=O) groups excluding carboxylic acids is 1. The number of nitrogens with zero attached hydrogens (tertiary/aromatic N) is 5. The van der Waals surface area contributed by atoms with Crippen molar-refractivity contribution in [2.24, 2.45) is 0 Å². The van der Waals surface area contributed by atoms with Gasteiger partial charge in [0.05, 0.1) is 6.04 Å². The van der Waals surface area contributed by atoms with Crippen molar-refractivity contribution in [1.82, 2.24) is 24.4 Å². The molecule has 1 aliphatic rings. The number of imidazole rings is 1. The van der Waals surface area contributed by atoms with Gasteiger partial charge in [-0.15, -0.1) is 0 Å². The molecule has 0 spiro atoms. The van der Waals surface area contributed by atoms with Gasteiger partial charge in [-0.2, -0.15) is 0 Å². The van der Waals surface area contributed by atoms with Crippen LogP contribution in [-0.2, 0) is 6.42 Å². The summed E-state index contributed by atoms with van der Waals surface area (Å²) in [4.78, 5) is 28.0. The van der Waals surface area contributed by atoms with Crippen molar-refractivity contribution in [3.8, 4) is 0 Å². The van der Waals surface area contributed by atoms with Gasteiger partial charge in [-0.3, -0.25) is 9.78 Å². The lowest BCUT2D eigenvalue weighted by Crippen LogP contribution is -2.30. The van der Waals surface area contributed by atoms with Gasteiger partial charge in [-0.25, -0.2) is 9.97 Å². The summed E-state index contributed by atoms with van der Waals surface area (Å²) in [5.41, 5.74) is 2.36. The van der Waals surface area contributed by atoms with E-state index in [1.54, 1.807) is 12.3 Å². The molecule has 0 N–H and O–H groups in total. The van der Waals surface area contributed by atoms with Crippen molar-refractivity contribution in [2.75, 3.05) is 13.1 Å². The molecule has 0 bridgehead atoms. The number of aryl methyl sites for hydroxylation is 1. The van der Waals surface area contributed by atoms with Crippen molar-refractivity contribution in [2.45, 2.75) is 32.2 Å². The molecule has 6 heteroatoms. The Morgan fingerprint density at radius 1 is 1.20 bits per heavy atom. The molecule has 25 heavy (non-hydrogen) atoms. The molecule has 1 amide bonds. The molecule has 4 heterocycles. The van der Waals surface area contributed by atoms with Crippen LogP contribution in [0.4, 0.5) is 0 Å². The van der Waals surface area contributed by atoms with Gasteiger partial charge in [-0.1, -0.05) is 13.0 Å². The third kappa shape index (κ3) is 2.88. The number of hydrogen-bond acceptors (Lipinski definition) is 4. The van der Waals surface area contributed by atoms with Gasteiger partial charge in [0.1, 0.15) is 17.0 Å². The molecule has 4 rings (SSSR count). The molecule has 6 nitrogen and oxygen atoms in total. The standard InChI is InChI=1S/C19H21N5O/c1-2-6-17-22-15-8-5-11-21-18(15)24(17)14-9-12-23(13-14)19(25)16-7-3-4-10-20-16/h3-5,7-8,10-11,14H,2,6,9,12-13H2,1H3/t14-/m0/s1. The summed E-state index contributed by atoms with van der Waals surface area (Å²) in [6.45, 7) is 3.56. The van der Waals surface area contributed by atoms with E-state index in [1.807, 2.05) is 35.4 Å². The Hall–Kier alpha value is -2.76. The number of amides is 1. The second kappa shape index (κ2) is 6.63. The van der Waals surface area contributed by atoms with Crippen molar-refractivity contribution in [3.63, 3.8) is 0 Å². The van der Waals surface area contributed by atoms with Crippen LogP contribution in [0.1, 0.15) is 42.1 Å². The second-order valence-electron chi connectivity index (χ2n) is 6.40. The summed E-state index contributed by atoms with van der Waals surface area (Å²) in [6.07, 6.45) is 6.33. The number of hydrogen-bond donors (Lipinski definition) is 0. The lowest BCUT2D eigenvalue weighted by atomic mass is 10.2. The monoisotopic (exact) mass is 335 g/mol. The van der Waals surface area contributed by atoms with E-state index >= 15 is 0 Å². The van der Waals surface area contributed by atoms with Crippen LogP contribution in [0.15, 0.2) is 42.7 Å². The molecule has 0 radical (unpaired) electrons. The smallest absolute Gasteiger partial charge is 0.272 e. The minimum Gasteiger partial charge on any atom is -0.335 e. The number of aromatic nitrogens is 4. The molecule has 1 aliphatic heterocycles. The number of likely N-dealkylation sites (tertiary alicyclic amines) is 1. The lowest BCUT2D eigenvalue weighted by molar-refractivity contribution is 0.0782. The molecule has 0 unspecified atom stereocenters. The van der Waals surface area contributed by atoms with Crippen LogP contribution < -0.4 is 0 Å². The average Bonchev–Trinajstić information content (AvgIpc) is 3.26. The van der Waals surface area contributed by atoms with Crippen molar-refractivity contribution < 1.29 is 4.79 Å². The van der Waals surface area contributed by atoms with Gasteiger partial charge < -0.3 is 9.47 Å². The summed E-state index contributed by atoms with van der Waals surface area (Å²) in [5, 5.41) is 0. The van der Waals surface area contributed by atoms with E-state index in [-0.39, 0.29) is 11.9 Å². The SMILES string of the molecule is CCCc1nc2cccnc2n1[C@H]1CCN(C(=O)c2ccccn2)C1. The summed E-state index contributed by atoms with van der Waals surface area (Å²) in [7, 11) is 0. The van der Waals surface area contributed by atoms with E-state index in [9.17, 15) is 4.79 Å². The minimum absolute atomic E-state index is 0.00229. The third-order valence-corrected chi connectivity index (χ3v) is 4.70. The van der Waals surface area contributed by atoms with E-state index in [0.29, 0.717) is 12.2 Å². The first-order chi connectivity index (χ1) is 12.3. The maximum absolute atomic E-state index is 12.7.